The summed E-state index contributed by atoms with van der Waals surface area (Å²) >= 11 is 0. The van der Waals surface area contributed by atoms with E-state index in [9.17, 15) is 23.3 Å². The zero-order valence-corrected chi connectivity index (χ0v) is 20.3. The SMILES string of the molecule is CCOc1ccccc1N(CC(=O)N/N=C/c1ccc(OC)c([N+](=O)[O-])c1)S(=O)(=O)c1ccccc1. The number of hydrogen-bond donors (Lipinski definition) is 1. The van der Waals surface area contributed by atoms with Gasteiger partial charge in [-0.3, -0.25) is 19.2 Å². The molecule has 0 aliphatic carbocycles. The second-order valence-electron chi connectivity index (χ2n) is 7.21. The highest BCUT2D eigenvalue weighted by Gasteiger charge is 2.29. The number of nitro benzene ring substituents is 1. The molecular formula is C24H24N4O7S. The number of rotatable bonds is 11. The zero-order chi connectivity index (χ0) is 26.1. The van der Waals surface area contributed by atoms with E-state index in [1.165, 1.54) is 43.7 Å². The third-order valence-electron chi connectivity index (χ3n) is 4.85. The Kier molecular flexibility index (Phi) is 8.57. The first-order valence-electron chi connectivity index (χ1n) is 10.7. The van der Waals surface area contributed by atoms with Crippen LogP contribution < -0.4 is 19.2 Å². The summed E-state index contributed by atoms with van der Waals surface area (Å²) in [6.07, 6.45) is 1.20. The van der Waals surface area contributed by atoms with E-state index in [2.05, 4.69) is 10.5 Å². The number of methoxy groups -OCH3 is 1. The third kappa shape index (κ3) is 6.16. The first-order valence-corrected chi connectivity index (χ1v) is 12.2. The first-order chi connectivity index (χ1) is 17.3. The van der Waals surface area contributed by atoms with Crippen molar-refractivity contribution >= 4 is 33.5 Å². The van der Waals surface area contributed by atoms with Gasteiger partial charge in [-0.05, 0) is 43.3 Å². The monoisotopic (exact) mass is 512 g/mol. The lowest BCUT2D eigenvalue weighted by Gasteiger charge is -2.25. The van der Waals surface area contributed by atoms with Gasteiger partial charge in [0.05, 0.1) is 35.4 Å². The molecule has 188 valence electrons. The maximum atomic E-state index is 13.5. The minimum atomic E-state index is -4.14. The Balaban J connectivity index is 1.87. The molecule has 0 radical (unpaired) electrons. The lowest BCUT2D eigenvalue weighted by molar-refractivity contribution is -0.385. The van der Waals surface area contributed by atoms with Gasteiger partial charge in [0, 0.05) is 11.6 Å². The molecule has 0 fully saturated rings. The molecule has 1 N–H and O–H groups in total. The van der Waals surface area contributed by atoms with Gasteiger partial charge in [-0.1, -0.05) is 30.3 Å². The summed E-state index contributed by atoms with van der Waals surface area (Å²) in [5.74, 6) is -0.364. The Morgan fingerprint density at radius 1 is 1.08 bits per heavy atom. The fourth-order valence-corrected chi connectivity index (χ4v) is 4.69. The average Bonchev–Trinajstić information content (AvgIpc) is 2.88. The number of carbonyl (C=O) groups is 1. The van der Waals surface area contributed by atoms with Gasteiger partial charge < -0.3 is 9.47 Å². The summed E-state index contributed by atoms with van der Waals surface area (Å²) in [5.41, 5.74) is 2.52. The van der Waals surface area contributed by atoms with Gasteiger partial charge in [-0.25, -0.2) is 13.8 Å². The van der Waals surface area contributed by atoms with Gasteiger partial charge >= 0.3 is 5.69 Å². The van der Waals surface area contributed by atoms with Crippen molar-refractivity contribution in [3.63, 3.8) is 0 Å². The fraction of sp³-hybridized carbons (Fsp3) is 0.167. The Labute approximate surface area is 208 Å². The summed E-state index contributed by atoms with van der Waals surface area (Å²) in [6.45, 7) is 1.46. The molecule has 3 aromatic carbocycles. The quantitative estimate of drug-likeness (QED) is 0.236. The maximum absolute atomic E-state index is 13.5. The lowest BCUT2D eigenvalue weighted by Crippen LogP contribution is -2.39. The van der Waals surface area contributed by atoms with Crippen LogP contribution in [0.3, 0.4) is 0 Å². The highest BCUT2D eigenvalue weighted by molar-refractivity contribution is 7.92. The normalized spacial score (nSPS) is 11.2. The minimum Gasteiger partial charge on any atom is -0.492 e. The second-order valence-corrected chi connectivity index (χ2v) is 9.07. The van der Waals surface area contributed by atoms with Crippen molar-refractivity contribution < 1.29 is 27.6 Å². The van der Waals surface area contributed by atoms with Crippen molar-refractivity contribution in [3.05, 3.63) is 88.5 Å². The Bertz CT molecular complexity index is 1360. The van der Waals surface area contributed by atoms with Crippen LogP contribution in [0.15, 0.2) is 82.8 Å². The molecule has 0 heterocycles. The number of benzene rings is 3. The van der Waals surface area contributed by atoms with Crippen molar-refractivity contribution in [2.45, 2.75) is 11.8 Å². The van der Waals surface area contributed by atoms with E-state index in [0.717, 1.165) is 4.31 Å². The smallest absolute Gasteiger partial charge is 0.311 e. The van der Waals surface area contributed by atoms with Gasteiger partial charge in [0.25, 0.3) is 15.9 Å². The first kappa shape index (κ1) is 26.2. The zero-order valence-electron chi connectivity index (χ0n) is 19.5. The number of hydrogen-bond acceptors (Lipinski definition) is 8. The number of nitro groups is 1. The van der Waals surface area contributed by atoms with E-state index in [4.69, 9.17) is 9.47 Å². The molecule has 0 saturated heterocycles. The molecule has 0 atom stereocenters. The van der Waals surface area contributed by atoms with Crippen molar-refractivity contribution in [2.75, 3.05) is 24.6 Å². The van der Waals surface area contributed by atoms with E-state index in [0.29, 0.717) is 17.9 Å². The van der Waals surface area contributed by atoms with Crippen molar-refractivity contribution in [2.24, 2.45) is 5.10 Å². The summed E-state index contributed by atoms with van der Waals surface area (Å²) in [5, 5.41) is 15.0. The van der Waals surface area contributed by atoms with Crippen molar-refractivity contribution in [1.29, 1.82) is 0 Å². The van der Waals surface area contributed by atoms with Crippen LogP contribution >= 0.6 is 0 Å². The Hall–Kier alpha value is -4.45. The van der Waals surface area contributed by atoms with E-state index < -0.39 is 27.4 Å². The van der Waals surface area contributed by atoms with Crippen LogP contribution in [0.4, 0.5) is 11.4 Å². The van der Waals surface area contributed by atoms with Crippen LogP contribution in [-0.2, 0) is 14.8 Å². The standard InChI is InChI=1S/C24H24N4O7S/c1-3-35-23-12-8-7-11-20(23)27(36(32,33)19-9-5-4-6-10-19)17-24(29)26-25-16-18-13-14-22(34-2)21(15-18)28(30)31/h4-16H,3,17H2,1-2H3,(H,26,29)/b25-16+. The van der Waals surface area contributed by atoms with E-state index in [1.807, 2.05) is 0 Å². The molecule has 11 nitrogen and oxygen atoms in total. The van der Waals surface area contributed by atoms with Gasteiger partial charge in [0.15, 0.2) is 5.75 Å². The topological polar surface area (TPSA) is 140 Å². The van der Waals surface area contributed by atoms with Crippen molar-refractivity contribution in [3.8, 4) is 11.5 Å². The molecule has 1 amide bonds. The number of nitrogens with zero attached hydrogens (tertiary/aromatic N) is 3. The van der Waals surface area contributed by atoms with Crippen LogP contribution in [0.1, 0.15) is 12.5 Å². The number of ether oxygens (including phenoxy) is 2. The molecule has 0 saturated carbocycles. The van der Waals surface area contributed by atoms with Crippen LogP contribution in [0, 0.1) is 10.1 Å². The van der Waals surface area contributed by atoms with Crippen LogP contribution in [-0.4, -0.2) is 45.7 Å². The molecule has 0 unspecified atom stereocenters. The number of anilines is 1. The molecule has 0 spiro atoms. The predicted octanol–water partition coefficient (Wildman–Crippen LogP) is 3.35. The number of para-hydroxylation sites is 2. The Morgan fingerprint density at radius 3 is 2.44 bits per heavy atom. The largest absolute Gasteiger partial charge is 0.492 e. The van der Waals surface area contributed by atoms with Gasteiger partial charge in [0.1, 0.15) is 12.3 Å². The molecule has 36 heavy (non-hydrogen) atoms. The predicted molar refractivity (Wildman–Crippen MR) is 134 cm³/mol. The summed E-state index contributed by atoms with van der Waals surface area (Å²) in [6, 6.07) is 18.3. The maximum Gasteiger partial charge on any atom is 0.311 e. The van der Waals surface area contributed by atoms with Gasteiger partial charge in [-0.15, -0.1) is 0 Å². The highest BCUT2D eigenvalue weighted by Crippen LogP contribution is 2.32. The molecule has 12 heteroatoms. The summed E-state index contributed by atoms with van der Waals surface area (Å²) in [4.78, 5) is 23.3. The second kappa shape index (κ2) is 11.8. The van der Waals surface area contributed by atoms with Crippen LogP contribution in [0.2, 0.25) is 0 Å². The summed E-state index contributed by atoms with van der Waals surface area (Å²) < 4.78 is 38.4. The molecule has 3 rings (SSSR count). The molecule has 3 aromatic rings. The van der Waals surface area contributed by atoms with E-state index in [-0.39, 0.29) is 22.0 Å². The van der Waals surface area contributed by atoms with Gasteiger partial charge in [0.2, 0.25) is 0 Å². The van der Waals surface area contributed by atoms with E-state index in [1.54, 1.807) is 49.4 Å². The Morgan fingerprint density at radius 2 is 1.78 bits per heavy atom. The average molecular weight is 513 g/mol. The van der Waals surface area contributed by atoms with Crippen molar-refractivity contribution in [1.82, 2.24) is 5.43 Å². The number of nitrogens with one attached hydrogen (secondary N) is 1. The highest BCUT2D eigenvalue weighted by atomic mass is 32.2. The molecular weight excluding hydrogens is 488 g/mol. The van der Waals surface area contributed by atoms with Crippen LogP contribution in [0.25, 0.3) is 0 Å². The summed E-state index contributed by atoms with van der Waals surface area (Å²) in [7, 11) is -2.82. The molecule has 0 aliphatic rings. The number of sulfonamides is 1. The third-order valence-corrected chi connectivity index (χ3v) is 6.63. The number of carbonyl (C=O) groups excluding carboxylic acids is 1. The fourth-order valence-electron chi connectivity index (χ4n) is 3.23. The van der Waals surface area contributed by atoms with E-state index >= 15 is 0 Å². The minimum absolute atomic E-state index is 0.00172. The number of hydrazone groups is 1. The van der Waals surface area contributed by atoms with Gasteiger partial charge in [-0.2, -0.15) is 5.10 Å². The molecule has 0 bridgehead atoms. The van der Waals surface area contributed by atoms with Crippen LogP contribution in [0.5, 0.6) is 11.5 Å². The molecule has 0 aliphatic heterocycles. The lowest BCUT2D eigenvalue weighted by atomic mass is 10.2. The molecule has 0 aromatic heterocycles. The number of amides is 1.